The average molecular weight is 270 g/mol. The minimum atomic E-state index is -0.510. The molecule has 1 aromatic carbocycles. The maximum atomic E-state index is 13.6. The third-order valence-corrected chi connectivity index (χ3v) is 3.86. The number of benzene rings is 1. The monoisotopic (exact) mass is 270 g/mol. The fourth-order valence-electron chi connectivity index (χ4n) is 1.96. The molecule has 0 fully saturated rings. The van der Waals surface area contributed by atoms with E-state index in [0.29, 0.717) is 5.92 Å². The van der Waals surface area contributed by atoms with Gasteiger partial charge in [-0.25, -0.2) is 8.78 Å². The van der Waals surface area contributed by atoms with Crippen LogP contribution in [0.4, 0.5) is 8.78 Å². The second-order valence-electron chi connectivity index (χ2n) is 6.27. The van der Waals surface area contributed by atoms with Crippen molar-refractivity contribution in [2.24, 2.45) is 17.2 Å². The van der Waals surface area contributed by atoms with Crippen LogP contribution in [0.1, 0.15) is 39.7 Å². The van der Waals surface area contributed by atoms with Crippen LogP contribution in [0.3, 0.4) is 0 Å². The number of nitrogens with one attached hydrogen (secondary N) is 1. The largest absolute Gasteiger partial charge is 0.271 e. The number of rotatable bonds is 5. The fraction of sp³-hybridized carbons (Fsp3) is 0.600. The van der Waals surface area contributed by atoms with Crippen LogP contribution in [-0.2, 0) is 6.42 Å². The van der Waals surface area contributed by atoms with Crippen LogP contribution in [0.2, 0.25) is 0 Å². The number of hydrazine groups is 1. The van der Waals surface area contributed by atoms with Crippen LogP contribution >= 0.6 is 0 Å². The molecular formula is C15H24F2N2. The van der Waals surface area contributed by atoms with Gasteiger partial charge in [-0.1, -0.05) is 33.8 Å². The first kappa shape index (κ1) is 16.1. The summed E-state index contributed by atoms with van der Waals surface area (Å²) in [7, 11) is 0. The van der Waals surface area contributed by atoms with Gasteiger partial charge >= 0.3 is 0 Å². The summed E-state index contributed by atoms with van der Waals surface area (Å²) < 4.78 is 27.2. The average Bonchev–Trinajstić information content (AvgIpc) is 2.31. The van der Waals surface area contributed by atoms with Crippen LogP contribution in [-0.4, -0.2) is 6.04 Å². The summed E-state index contributed by atoms with van der Waals surface area (Å²) in [5, 5.41) is 0. The van der Waals surface area contributed by atoms with Gasteiger partial charge in [-0.2, -0.15) is 0 Å². The fourth-order valence-corrected chi connectivity index (χ4v) is 1.96. The highest BCUT2D eigenvalue weighted by atomic mass is 19.1. The van der Waals surface area contributed by atoms with Gasteiger partial charge in [0.15, 0.2) is 0 Å². The smallest absolute Gasteiger partial charge is 0.129 e. The van der Waals surface area contributed by atoms with E-state index in [0.717, 1.165) is 6.42 Å². The van der Waals surface area contributed by atoms with E-state index in [1.165, 1.54) is 18.2 Å². The van der Waals surface area contributed by atoms with E-state index in [4.69, 9.17) is 5.84 Å². The molecule has 4 heteroatoms. The predicted octanol–water partition coefficient (Wildman–Crippen LogP) is 3.41. The van der Waals surface area contributed by atoms with E-state index in [-0.39, 0.29) is 23.4 Å². The van der Waals surface area contributed by atoms with Crippen molar-refractivity contribution in [2.75, 3.05) is 0 Å². The van der Waals surface area contributed by atoms with Gasteiger partial charge in [0.2, 0.25) is 0 Å². The lowest BCUT2D eigenvalue weighted by molar-refractivity contribution is 0.221. The van der Waals surface area contributed by atoms with Crippen molar-refractivity contribution in [3.63, 3.8) is 0 Å². The number of hydrogen-bond acceptors (Lipinski definition) is 2. The molecule has 0 aromatic heterocycles. The quantitative estimate of drug-likeness (QED) is 0.635. The van der Waals surface area contributed by atoms with Crippen molar-refractivity contribution >= 4 is 0 Å². The highest BCUT2D eigenvalue weighted by molar-refractivity contribution is 5.20. The maximum Gasteiger partial charge on any atom is 0.129 e. The molecule has 3 N–H and O–H groups in total. The Morgan fingerprint density at radius 1 is 1.21 bits per heavy atom. The highest BCUT2D eigenvalue weighted by Gasteiger charge is 2.24. The minimum absolute atomic E-state index is 0.103. The molecule has 0 aliphatic carbocycles. The molecule has 0 spiro atoms. The van der Waals surface area contributed by atoms with E-state index < -0.39 is 11.6 Å². The lowest BCUT2D eigenvalue weighted by atomic mass is 9.78. The van der Waals surface area contributed by atoms with Gasteiger partial charge in [-0.05, 0) is 36.3 Å². The number of halogens is 2. The van der Waals surface area contributed by atoms with Gasteiger partial charge in [0.25, 0.3) is 0 Å². The third kappa shape index (κ3) is 4.55. The molecule has 2 nitrogen and oxygen atoms in total. The normalized spacial score (nSPS) is 15.3. The summed E-state index contributed by atoms with van der Waals surface area (Å²) >= 11 is 0. The second kappa shape index (κ2) is 6.44. The Morgan fingerprint density at radius 2 is 1.74 bits per heavy atom. The summed E-state index contributed by atoms with van der Waals surface area (Å²) in [5.41, 5.74) is 2.92. The van der Waals surface area contributed by atoms with Gasteiger partial charge in [-0.15, -0.1) is 0 Å². The van der Waals surface area contributed by atoms with Crippen LogP contribution in [0.5, 0.6) is 0 Å². The van der Waals surface area contributed by atoms with Gasteiger partial charge in [0.1, 0.15) is 11.6 Å². The summed E-state index contributed by atoms with van der Waals surface area (Å²) in [5.74, 6) is 4.89. The van der Waals surface area contributed by atoms with Gasteiger partial charge < -0.3 is 0 Å². The number of hydrogen-bond donors (Lipinski definition) is 2. The lowest BCUT2D eigenvalue weighted by Gasteiger charge is -2.30. The second-order valence-corrected chi connectivity index (χ2v) is 6.27. The van der Waals surface area contributed by atoms with Crippen LogP contribution < -0.4 is 11.3 Å². The molecule has 0 aliphatic rings. The van der Waals surface area contributed by atoms with Crippen molar-refractivity contribution in [3.05, 3.63) is 35.4 Å². The van der Waals surface area contributed by atoms with E-state index in [2.05, 4.69) is 33.1 Å². The molecule has 19 heavy (non-hydrogen) atoms. The first-order valence-electron chi connectivity index (χ1n) is 6.64. The molecule has 108 valence electrons. The molecule has 0 saturated heterocycles. The zero-order valence-electron chi connectivity index (χ0n) is 12.1. The first-order chi connectivity index (χ1) is 8.75. The zero-order valence-corrected chi connectivity index (χ0v) is 12.1. The molecule has 1 rings (SSSR count). The summed E-state index contributed by atoms with van der Waals surface area (Å²) in [6, 6.07) is 3.79. The SMILES string of the molecule is CC(CC(Cc1c(F)cccc1F)NN)C(C)(C)C. The molecular weight excluding hydrogens is 246 g/mol. The van der Waals surface area contributed by atoms with Crippen molar-refractivity contribution in [1.29, 1.82) is 0 Å². The molecule has 2 unspecified atom stereocenters. The van der Waals surface area contributed by atoms with E-state index in [9.17, 15) is 8.78 Å². The Morgan fingerprint density at radius 3 is 2.16 bits per heavy atom. The summed E-state index contributed by atoms with van der Waals surface area (Å²) in [6.07, 6.45) is 1.03. The Labute approximate surface area is 114 Å². The highest BCUT2D eigenvalue weighted by Crippen LogP contribution is 2.30. The third-order valence-electron chi connectivity index (χ3n) is 3.86. The molecule has 2 atom stereocenters. The molecule has 0 amide bonds. The van der Waals surface area contributed by atoms with Crippen molar-refractivity contribution in [2.45, 2.75) is 46.6 Å². The maximum absolute atomic E-state index is 13.6. The summed E-state index contributed by atoms with van der Waals surface area (Å²) in [6.45, 7) is 8.57. The van der Waals surface area contributed by atoms with Crippen LogP contribution in [0.15, 0.2) is 18.2 Å². The van der Waals surface area contributed by atoms with Crippen molar-refractivity contribution in [3.8, 4) is 0 Å². The molecule has 0 radical (unpaired) electrons. The van der Waals surface area contributed by atoms with Crippen molar-refractivity contribution < 1.29 is 8.78 Å². The van der Waals surface area contributed by atoms with Gasteiger partial charge in [0, 0.05) is 11.6 Å². The van der Waals surface area contributed by atoms with E-state index >= 15 is 0 Å². The van der Waals surface area contributed by atoms with Gasteiger partial charge in [0.05, 0.1) is 0 Å². The van der Waals surface area contributed by atoms with Gasteiger partial charge in [-0.3, -0.25) is 11.3 Å². The Bertz CT molecular complexity index is 393. The standard InChI is InChI=1S/C15H24F2N2/c1-10(15(2,3)4)8-11(19-18)9-12-13(16)6-5-7-14(12)17/h5-7,10-11,19H,8-9,18H2,1-4H3. The molecule has 0 bridgehead atoms. The minimum Gasteiger partial charge on any atom is -0.271 e. The zero-order chi connectivity index (χ0) is 14.6. The Balaban J connectivity index is 2.78. The Hall–Kier alpha value is -1.00. The van der Waals surface area contributed by atoms with Crippen LogP contribution in [0.25, 0.3) is 0 Å². The van der Waals surface area contributed by atoms with Crippen LogP contribution in [0, 0.1) is 23.0 Å². The molecule has 0 aliphatic heterocycles. The summed E-state index contributed by atoms with van der Waals surface area (Å²) in [4.78, 5) is 0. The first-order valence-corrected chi connectivity index (χ1v) is 6.64. The molecule has 1 aromatic rings. The number of nitrogens with two attached hydrogens (primary N) is 1. The molecule has 0 heterocycles. The lowest BCUT2D eigenvalue weighted by Crippen LogP contribution is -2.40. The topological polar surface area (TPSA) is 38.0 Å². The Kier molecular flexibility index (Phi) is 5.44. The van der Waals surface area contributed by atoms with E-state index in [1.807, 2.05) is 0 Å². The van der Waals surface area contributed by atoms with E-state index in [1.54, 1.807) is 0 Å². The molecule has 0 saturated carbocycles. The van der Waals surface area contributed by atoms with Crippen molar-refractivity contribution in [1.82, 2.24) is 5.43 Å². The predicted molar refractivity (Wildman–Crippen MR) is 74.4 cm³/mol.